The van der Waals surface area contributed by atoms with Gasteiger partial charge in [-0.1, -0.05) is 12.1 Å². The number of nitrogens with zero attached hydrogens (tertiary/aromatic N) is 3. The van der Waals surface area contributed by atoms with Crippen LogP contribution in [0, 0.1) is 10.1 Å². The lowest BCUT2D eigenvalue weighted by Crippen LogP contribution is -2.27. The highest BCUT2D eigenvalue weighted by atomic mass is 16.6. The maximum absolute atomic E-state index is 12.3. The van der Waals surface area contributed by atoms with Gasteiger partial charge in [0.25, 0.3) is 5.69 Å². The summed E-state index contributed by atoms with van der Waals surface area (Å²) in [5.74, 6) is -0.0208. The first-order chi connectivity index (χ1) is 11.6. The van der Waals surface area contributed by atoms with Gasteiger partial charge in [0.15, 0.2) is 5.78 Å². The normalized spacial score (nSPS) is 13.2. The first-order valence-electron chi connectivity index (χ1n) is 7.79. The van der Waals surface area contributed by atoms with Crippen LogP contribution < -0.4 is 4.90 Å². The number of nitro benzene ring substituents is 1. The van der Waals surface area contributed by atoms with Crippen LogP contribution in [0.5, 0.6) is 0 Å². The molecule has 2 aromatic rings. The van der Waals surface area contributed by atoms with Gasteiger partial charge in [-0.15, -0.1) is 0 Å². The van der Waals surface area contributed by atoms with E-state index in [0.717, 1.165) is 24.3 Å². The van der Waals surface area contributed by atoms with E-state index in [1.165, 1.54) is 24.3 Å². The highest BCUT2D eigenvalue weighted by Crippen LogP contribution is 2.30. The van der Waals surface area contributed by atoms with E-state index in [2.05, 4.69) is 9.89 Å². The quantitative estimate of drug-likeness (QED) is 0.477. The maximum Gasteiger partial charge on any atom is 0.269 e. The average Bonchev–Trinajstić information content (AvgIpc) is 2.82. The third-order valence-electron chi connectivity index (χ3n) is 3.99. The number of benzene rings is 2. The van der Waals surface area contributed by atoms with Crippen LogP contribution in [0.25, 0.3) is 0 Å². The summed E-state index contributed by atoms with van der Waals surface area (Å²) >= 11 is 0. The molecule has 2 aromatic carbocycles. The molecular weight excluding hydrogens is 306 g/mol. The molecule has 24 heavy (non-hydrogen) atoms. The Bertz CT molecular complexity index is 784. The van der Waals surface area contributed by atoms with Gasteiger partial charge >= 0.3 is 0 Å². The van der Waals surface area contributed by atoms with Crippen LogP contribution in [0.4, 0.5) is 17.1 Å². The number of ketones is 1. The molecule has 0 aliphatic carbocycles. The summed E-state index contributed by atoms with van der Waals surface area (Å²) in [6.45, 7) is 1.41. The smallest absolute Gasteiger partial charge is 0.269 e. The summed E-state index contributed by atoms with van der Waals surface area (Å²) in [4.78, 5) is 29.1. The lowest BCUT2D eigenvalue weighted by atomic mass is 10.1. The Morgan fingerprint density at radius 3 is 2.67 bits per heavy atom. The van der Waals surface area contributed by atoms with E-state index in [-0.39, 0.29) is 11.5 Å². The van der Waals surface area contributed by atoms with E-state index < -0.39 is 4.92 Å². The minimum Gasteiger partial charge on any atom is -0.369 e. The van der Waals surface area contributed by atoms with Crippen LogP contribution in [0.1, 0.15) is 23.2 Å². The Balaban J connectivity index is 1.67. The number of hydrogen-bond donors (Lipinski definition) is 0. The van der Waals surface area contributed by atoms with Crippen LogP contribution in [-0.2, 0) is 0 Å². The Labute approximate surface area is 139 Å². The summed E-state index contributed by atoms with van der Waals surface area (Å²) in [5, 5.41) is 10.7. The lowest BCUT2D eigenvalue weighted by Gasteiger charge is -2.23. The molecule has 0 saturated carbocycles. The first kappa shape index (κ1) is 15.9. The number of Topliss-reactive ketones (excluding diaryl/α,β-unsaturated/α-hetero) is 1. The second kappa shape index (κ2) is 7.04. The van der Waals surface area contributed by atoms with E-state index >= 15 is 0 Å². The number of nitro groups is 1. The summed E-state index contributed by atoms with van der Waals surface area (Å²) in [6, 6.07) is 13.6. The third kappa shape index (κ3) is 3.48. The Morgan fingerprint density at radius 2 is 1.92 bits per heavy atom. The van der Waals surface area contributed by atoms with Gasteiger partial charge in [-0.3, -0.25) is 19.9 Å². The molecule has 0 N–H and O–H groups in total. The topological polar surface area (TPSA) is 75.8 Å². The van der Waals surface area contributed by atoms with E-state index in [0.29, 0.717) is 18.5 Å². The predicted molar refractivity (Wildman–Crippen MR) is 93.5 cm³/mol. The largest absolute Gasteiger partial charge is 0.369 e. The number of carbonyl (C=O) groups is 1. The van der Waals surface area contributed by atoms with E-state index in [9.17, 15) is 14.9 Å². The highest BCUT2D eigenvalue weighted by Gasteiger charge is 2.15. The van der Waals surface area contributed by atoms with Crippen molar-refractivity contribution in [3.63, 3.8) is 0 Å². The fourth-order valence-electron chi connectivity index (χ4n) is 2.72. The van der Waals surface area contributed by atoms with Gasteiger partial charge in [0.2, 0.25) is 0 Å². The van der Waals surface area contributed by atoms with Crippen molar-refractivity contribution in [2.24, 2.45) is 4.99 Å². The maximum atomic E-state index is 12.3. The number of hydrogen-bond acceptors (Lipinski definition) is 5. The molecule has 0 saturated heterocycles. The predicted octanol–water partition coefficient (Wildman–Crippen LogP) is 3.78. The van der Waals surface area contributed by atoms with Crippen molar-refractivity contribution in [3.05, 3.63) is 64.2 Å². The first-order valence-corrected chi connectivity index (χ1v) is 7.79. The lowest BCUT2D eigenvalue weighted by molar-refractivity contribution is -0.384. The van der Waals surface area contributed by atoms with Gasteiger partial charge in [-0.25, -0.2) is 0 Å². The number of para-hydroxylation sites is 2. The number of anilines is 1. The number of carbonyl (C=O) groups excluding carboxylic acids is 1. The second-order valence-corrected chi connectivity index (χ2v) is 5.55. The molecular formula is C18H17N3O3. The van der Waals surface area contributed by atoms with Crippen LogP contribution in [0.15, 0.2) is 53.5 Å². The monoisotopic (exact) mass is 323 g/mol. The summed E-state index contributed by atoms with van der Waals surface area (Å²) < 4.78 is 0. The van der Waals surface area contributed by atoms with E-state index in [1.807, 2.05) is 30.5 Å². The Hall–Kier alpha value is -3.02. The van der Waals surface area contributed by atoms with Crippen molar-refractivity contribution in [3.8, 4) is 0 Å². The van der Waals surface area contributed by atoms with Crippen molar-refractivity contribution < 1.29 is 9.72 Å². The molecule has 1 heterocycles. The zero-order chi connectivity index (χ0) is 16.9. The zero-order valence-corrected chi connectivity index (χ0v) is 13.1. The van der Waals surface area contributed by atoms with Crippen molar-refractivity contribution >= 4 is 29.1 Å². The van der Waals surface area contributed by atoms with E-state index in [1.54, 1.807) is 0 Å². The van der Waals surface area contributed by atoms with Crippen LogP contribution >= 0.6 is 0 Å². The minimum atomic E-state index is -0.470. The van der Waals surface area contributed by atoms with Crippen molar-refractivity contribution in [2.75, 3.05) is 18.0 Å². The van der Waals surface area contributed by atoms with Gasteiger partial charge < -0.3 is 4.90 Å². The van der Waals surface area contributed by atoms with Gasteiger partial charge in [-0.2, -0.15) is 0 Å². The molecule has 3 rings (SSSR count). The molecule has 0 atom stereocenters. The molecule has 0 aromatic heterocycles. The van der Waals surface area contributed by atoms with Gasteiger partial charge in [0.1, 0.15) is 0 Å². The van der Waals surface area contributed by atoms with E-state index in [4.69, 9.17) is 0 Å². The van der Waals surface area contributed by atoms with Crippen LogP contribution in [-0.4, -0.2) is 30.0 Å². The minimum absolute atomic E-state index is 0.00913. The standard InChI is InChI=1S/C18H17N3O3/c22-18(14-6-8-15(9-7-14)21(23)24)10-13-20-12-3-11-19-16-4-1-2-5-17(16)20/h1-2,4-9,11H,3,10,12-13H2. The Kier molecular flexibility index (Phi) is 4.65. The number of fused-ring (bicyclic) bond motifs is 1. The molecule has 0 amide bonds. The highest BCUT2D eigenvalue weighted by molar-refractivity contribution is 5.96. The number of non-ortho nitro benzene ring substituents is 1. The molecule has 122 valence electrons. The van der Waals surface area contributed by atoms with Crippen LogP contribution in [0.2, 0.25) is 0 Å². The molecule has 0 fully saturated rings. The molecule has 0 spiro atoms. The molecule has 0 bridgehead atoms. The fraction of sp³-hybridized carbons (Fsp3) is 0.222. The fourth-order valence-corrected chi connectivity index (χ4v) is 2.72. The number of aliphatic imine (C=N–C) groups is 1. The van der Waals surface area contributed by atoms with Crippen LogP contribution in [0.3, 0.4) is 0 Å². The molecule has 1 aliphatic rings. The average molecular weight is 323 g/mol. The van der Waals surface area contributed by atoms with Gasteiger partial charge in [0, 0.05) is 49.8 Å². The van der Waals surface area contributed by atoms with Gasteiger partial charge in [-0.05, 0) is 24.3 Å². The Morgan fingerprint density at radius 1 is 1.17 bits per heavy atom. The SMILES string of the molecule is O=C(CCN1CCC=Nc2ccccc21)c1ccc([N+](=O)[O-])cc1. The molecule has 0 unspecified atom stereocenters. The molecule has 0 radical (unpaired) electrons. The molecule has 6 nitrogen and oxygen atoms in total. The van der Waals surface area contributed by atoms with Crippen molar-refractivity contribution in [1.82, 2.24) is 0 Å². The second-order valence-electron chi connectivity index (χ2n) is 5.55. The van der Waals surface area contributed by atoms with Crippen molar-refractivity contribution in [2.45, 2.75) is 12.8 Å². The molecule has 1 aliphatic heterocycles. The van der Waals surface area contributed by atoms with Gasteiger partial charge in [0.05, 0.1) is 16.3 Å². The number of rotatable bonds is 5. The summed E-state index contributed by atoms with van der Waals surface area (Å²) in [5.41, 5.74) is 2.44. The zero-order valence-electron chi connectivity index (χ0n) is 13.1. The summed E-state index contributed by atoms with van der Waals surface area (Å²) in [6.07, 6.45) is 3.09. The third-order valence-corrected chi connectivity index (χ3v) is 3.99. The molecule has 6 heteroatoms. The summed E-state index contributed by atoms with van der Waals surface area (Å²) in [7, 11) is 0. The van der Waals surface area contributed by atoms with Crippen molar-refractivity contribution in [1.29, 1.82) is 0 Å².